The summed E-state index contributed by atoms with van der Waals surface area (Å²) in [6, 6.07) is 8.72. The van der Waals surface area contributed by atoms with Crippen LogP contribution in [0.1, 0.15) is 5.56 Å². The predicted molar refractivity (Wildman–Crippen MR) is 119 cm³/mol. The highest BCUT2D eigenvalue weighted by atomic mass is 31.2. The fourth-order valence-corrected chi connectivity index (χ4v) is 3.07. The average Bonchev–Trinajstić information content (AvgIpc) is 2.76. The number of methoxy groups -OCH3 is 1. The second kappa shape index (κ2) is 13.6. The molecule has 1 heterocycles. The van der Waals surface area contributed by atoms with Gasteiger partial charge in [-0.15, -0.1) is 0 Å². The van der Waals surface area contributed by atoms with Crippen molar-refractivity contribution in [3.05, 3.63) is 35.9 Å². The number of aromatic nitrogens is 2. The fourth-order valence-electron chi connectivity index (χ4n) is 2.33. The van der Waals surface area contributed by atoms with E-state index in [2.05, 4.69) is 15.3 Å². The van der Waals surface area contributed by atoms with Gasteiger partial charge in [-0.2, -0.15) is 9.97 Å². The second-order valence-corrected chi connectivity index (χ2v) is 9.85. The number of rotatable bonds is 16. The Kier molecular flexibility index (Phi) is 11.2. The summed E-state index contributed by atoms with van der Waals surface area (Å²) in [7, 11) is -6.96. The third-order valence-electron chi connectivity index (χ3n) is 3.76. The van der Waals surface area contributed by atoms with Gasteiger partial charge in [-0.1, -0.05) is 12.1 Å². The smallest absolute Gasteiger partial charge is 0.350 e. The molecule has 5 N–H and O–H groups in total. The molecular formula is C18H27N3O11P2. The molecule has 16 heteroatoms. The topological polar surface area (TPSA) is 199 Å². The van der Waals surface area contributed by atoms with Gasteiger partial charge in [0.15, 0.2) is 0 Å². The molecule has 14 nitrogen and oxygen atoms in total. The summed E-state index contributed by atoms with van der Waals surface area (Å²) in [6.45, 7) is 0.121. The molecule has 2 aromatic rings. The van der Waals surface area contributed by atoms with Gasteiger partial charge in [-0.05, 0) is 17.7 Å². The highest BCUT2D eigenvalue weighted by Gasteiger charge is 2.14. The summed E-state index contributed by atoms with van der Waals surface area (Å²) in [4.78, 5) is 43.6. The lowest BCUT2D eigenvalue weighted by Gasteiger charge is -2.12. The molecule has 190 valence electrons. The van der Waals surface area contributed by atoms with Gasteiger partial charge in [-0.25, -0.2) is 0 Å². The molecule has 0 radical (unpaired) electrons. The van der Waals surface area contributed by atoms with Gasteiger partial charge in [-0.3, -0.25) is 9.13 Å². The van der Waals surface area contributed by atoms with E-state index in [1.54, 1.807) is 19.2 Å². The number of nitrogens with one attached hydrogen (secondary N) is 1. The summed E-state index contributed by atoms with van der Waals surface area (Å²) in [5.74, 6) is 1.11. The van der Waals surface area contributed by atoms with Crippen LogP contribution in [0.4, 0.5) is 5.95 Å². The van der Waals surface area contributed by atoms with Gasteiger partial charge in [0.1, 0.15) is 31.7 Å². The molecule has 0 amide bonds. The third kappa shape index (κ3) is 12.3. The maximum atomic E-state index is 10.8. The molecule has 0 aliphatic rings. The Morgan fingerprint density at radius 3 is 1.76 bits per heavy atom. The SMILES string of the molecule is COc1ccc(CNc2nc(OCCOCP(=O)(O)O)cc(OCCOCP(=O)(O)O)n2)cc1. The summed E-state index contributed by atoms with van der Waals surface area (Å²) in [5, 5.41) is 3.03. The van der Waals surface area contributed by atoms with Crippen LogP contribution in [-0.2, 0) is 25.1 Å². The molecule has 0 saturated heterocycles. The van der Waals surface area contributed by atoms with Gasteiger partial charge in [0.25, 0.3) is 0 Å². The Morgan fingerprint density at radius 1 is 0.824 bits per heavy atom. The van der Waals surface area contributed by atoms with Crippen LogP contribution in [-0.4, -0.2) is 75.8 Å². The van der Waals surface area contributed by atoms with Crippen molar-refractivity contribution in [1.29, 1.82) is 0 Å². The van der Waals surface area contributed by atoms with Gasteiger partial charge in [0.2, 0.25) is 17.7 Å². The molecule has 0 spiro atoms. The van der Waals surface area contributed by atoms with Crippen molar-refractivity contribution in [1.82, 2.24) is 9.97 Å². The number of hydrogen-bond donors (Lipinski definition) is 5. The largest absolute Gasteiger partial charge is 0.497 e. The van der Waals surface area contributed by atoms with Crippen molar-refractivity contribution in [2.24, 2.45) is 0 Å². The van der Waals surface area contributed by atoms with E-state index in [1.165, 1.54) is 6.07 Å². The van der Waals surface area contributed by atoms with Crippen LogP contribution in [0, 0.1) is 0 Å². The van der Waals surface area contributed by atoms with Crippen LogP contribution >= 0.6 is 15.2 Å². The first kappa shape index (κ1) is 28.0. The number of anilines is 1. The van der Waals surface area contributed by atoms with Crippen molar-refractivity contribution >= 4 is 21.1 Å². The van der Waals surface area contributed by atoms with Crippen molar-refractivity contribution in [3.8, 4) is 17.5 Å². The average molecular weight is 523 g/mol. The van der Waals surface area contributed by atoms with Crippen molar-refractivity contribution in [2.45, 2.75) is 6.54 Å². The van der Waals surface area contributed by atoms with Gasteiger partial charge >= 0.3 is 15.2 Å². The number of nitrogens with zero attached hydrogens (tertiary/aromatic N) is 2. The van der Waals surface area contributed by atoms with Crippen molar-refractivity contribution in [2.75, 3.05) is 51.6 Å². The summed E-state index contributed by atoms with van der Waals surface area (Å²) in [5.41, 5.74) is 0.926. The zero-order valence-electron chi connectivity index (χ0n) is 18.3. The van der Waals surface area contributed by atoms with E-state index in [0.29, 0.717) is 12.3 Å². The van der Waals surface area contributed by atoms with Crippen LogP contribution < -0.4 is 19.5 Å². The van der Waals surface area contributed by atoms with Crippen molar-refractivity contribution < 1.29 is 52.4 Å². The molecule has 1 aromatic heterocycles. The first-order valence-electron chi connectivity index (χ1n) is 9.80. The van der Waals surface area contributed by atoms with Crippen LogP contribution in [0.3, 0.4) is 0 Å². The highest BCUT2D eigenvalue weighted by Crippen LogP contribution is 2.34. The van der Waals surface area contributed by atoms with E-state index in [4.69, 9.17) is 43.3 Å². The minimum absolute atomic E-state index is 0.0419. The Bertz CT molecular complexity index is 931. The van der Waals surface area contributed by atoms with Gasteiger partial charge in [0.05, 0.1) is 26.4 Å². The molecule has 0 bridgehead atoms. The van der Waals surface area contributed by atoms with E-state index in [1.807, 2.05) is 12.1 Å². The van der Waals surface area contributed by atoms with E-state index in [-0.39, 0.29) is 44.1 Å². The second-order valence-electron chi connectivity index (χ2n) is 6.67. The van der Waals surface area contributed by atoms with Crippen LogP contribution in [0.5, 0.6) is 17.5 Å². The predicted octanol–water partition coefficient (Wildman–Crippen LogP) is 1.16. The van der Waals surface area contributed by atoms with Crippen LogP contribution in [0.25, 0.3) is 0 Å². The highest BCUT2D eigenvalue weighted by molar-refractivity contribution is 7.51. The van der Waals surface area contributed by atoms with E-state index >= 15 is 0 Å². The van der Waals surface area contributed by atoms with E-state index in [0.717, 1.165) is 5.56 Å². The van der Waals surface area contributed by atoms with E-state index < -0.39 is 27.9 Å². The Labute approximate surface area is 195 Å². The molecule has 0 aliphatic heterocycles. The molecule has 2 rings (SSSR count). The van der Waals surface area contributed by atoms with Gasteiger partial charge in [0, 0.05) is 6.54 Å². The molecule has 0 saturated carbocycles. The fraction of sp³-hybridized carbons (Fsp3) is 0.444. The lowest BCUT2D eigenvalue weighted by atomic mass is 10.2. The Hall–Kier alpha value is -2.28. The molecular weight excluding hydrogens is 496 g/mol. The Morgan fingerprint density at radius 2 is 1.32 bits per heavy atom. The number of ether oxygens (including phenoxy) is 5. The maximum absolute atomic E-state index is 10.8. The first-order chi connectivity index (χ1) is 16.0. The molecule has 0 aliphatic carbocycles. The Balaban J connectivity index is 1.96. The maximum Gasteiger partial charge on any atom is 0.350 e. The zero-order valence-corrected chi connectivity index (χ0v) is 20.1. The monoisotopic (exact) mass is 523 g/mol. The minimum atomic E-state index is -4.27. The zero-order chi connectivity index (χ0) is 25.0. The van der Waals surface area contributed by atoms with Crippen LogP contribution in [0.2, 0.25) is 0 Å². The molecule has 0 atom stereocenters. The van der Waals surface area contributed by atoms with E-state index in [9.17, 15) is 9.13 Å². The quantitative estimate of drug-likeness (QED) is 0.155. The summed E-state index contributed by atoms with van der Waals surface area (Å²) >= 11 is 0. The first-order valence-corrected chi connectivity index (χ1v) is 13.4. The molecule has 1 aromatic carbocycles. The van der Waals surface area contributed by atoms with Crippen molar-refractivity contribution in [3.63, 3.8) is 0 Å². The summed E-state index contributed by atoms with van der Waals surface area (Å²) in [6.07, 6.45) is -1.45. The molecule has 0 unspecified atom stereocenters. The summed E-state index contributed by atoms with van der Waals surface area (Å²) < 4.78 is 47.4. The molecule has 34 heavy (non-hydrogen) atoms. The van der Waals surface area contributed by atoms with Gasteiger partial charge < -0.3 is 48.6 Å². The minimum Gasteiger partial charge on any atom is -0.497 e. The standard InChI is InChI=1S/C18H27N3O11P2/c1-28-15-4-2-14(3-5-15)11-19-18-20-16(31-8-6-29-12-33(22,23)24)10-17(21-18)32-9-7-30-13-34(25,26)27/h2-5,10H,6-9,11-13H2,1H3,(H,19,20,21)(H2,22,23,24)(H2,25,26,27). The lowest BCUT2D eigenvalue weighted by Crippen LogP contribution is -2.12. The number of benzene rings is 1. The third-order valence-corrected chi connectivity index (χ3v) is 4.80. The molecule has 0 fully saturated rings. The van der Waals surface area contributed by atoms with Crippen LogP contribution in [0.15, 0.2) is 30.3 Å². The lowest BCUT2D eigenvalue weighted by molar-refractivity contribution is 0.114. The normalized spacial score (nSPS) is 11.8. The number of hydrogen-bond acceptors (Lipinski definition) is 10.